The quantitative estimate of drug-likeness (QED) is 0.863. The van der Waals surface area contributed by atoms with Crippen LogP contribution in [0.1, 0.15) is 28.3 Å². The van der Waals surface area contributed by atoms with Gasteiger partial charge in [-0.1, -0.05) is 18.2 Å². The van der Waals surface area contributed by atoms with Crippen molar-refractivity contribution in [3.8, 4) is 5.75 Å². The minimum atomic E-state index is -0.559. The summed E-state index contributed by atoms with van der Waals surface area (Å²) in [4.78, 5) is 11.6. The van der Waals surface area contributed by atoms with Gasteiger partial charge in [0, 0.05) is 19.0 Å². The minimum Gasteiger partial charge on any atom is -0.486 e. The lowest BCUT2D eigenvalue weighted by Crippen LogP contribution is -2.41. The van der Waals surface area contributed by atoms with Crippen LogP contribution in [0.5, 0.6) is 5.75 Å². The van der Waals surface area contributed by atoms with Crippen LogP contribution in [0.25, 0.3) is 0 Å². The zero-order chi connectivity index (χ0) is 17.8. The molecule has 0 saturated carbocycles. The Bertz CT molecular complexity index is 766. The highest BCUT2D eigenvalue weighted by molar-refractivity contribution is 5.89. The molecule has 132 valence electrons. The average molecular weight is 347 g/mol. The van der Waals surface area contributed by atoms with Crippen LogP contribution in [0.4, 0.5) is 8.78 Å². The summed E-state index contributed by atoms with van der Waals surface area (Å²) in [5, 5.41) is 3.19. The number of hydrogen-bond donors (Lipinski definition) is 1. The molecule has 0 bridgehead atoms. The van der Waals surface area contributed by atoms with Gasteiger partial charge in [-0.2, -0.15) is 0 Å². The van der Waals surface area contributed by atoms with Crippen LogP contribution < -0.4 is 10.1 Å². The van der Waals surface area contributed by atoms with Gasteiger partial charge in [0.05, 0.1) is 12.7 Å². The van der Waals surface area contributed by atoms with Crippen molar-refractivity contribution in [2.24, 2.45) is 0 Å². The molecule has 1 saturated heterocycles. The van der Waals surface area contributed by atoms with Gasteiger partial charge < -0.3 is 14.8 Å². The van der Waals surface area contributed by atoms with Crippen LogP contribution in [0.15, 0.2) is 42.5 Å². The molecule has 25 heavy (non-hydrogen) atoms. The highest BCUT2D eigenvalue weighted by atomic mass is 19.1. The summed E-state index contributed by atoms with van der Waals surface area (Å²) in [5.74, 6) is -1.44. The van der Waals surface area contributed by atoms with Crippen molar-refractivity contribution in [1.29, 1.82) is 0 Å². The van der Waals surface area contributed by atoms with Gasteiger partial charge in [-0.25, -0.2) is 13.6 Å². The second-order valence-electron chi connectivity index (χ2n) is 5.99. The fourth-order valence-corrected chi connectivity index (χ4v) is 3.05. The molecule has 1 N–H and O–H groups in total. The van der Waals surface area contributed by atoms with Crippen molar-refractivity contribution < 1.29 is 23.0 Å². The molecule has 3 rings (SSSR count). The fourth-order valence-electron chi connectivity index (χ4n) is 3.05. The van der Waals surface area contributed by atoms with Gasteiger partial charge >= 0.3 is 5.97 Å². The number of piperidine rings is 1. The van der Waals surface area contributed by atoms with E-state index in [4.69, 9.17) is 4.74 Å². The van der Waals surface area contributed by atoms with Crippen LogP contribution in [0.3, 0.4) is 0 Å². The Balaban J connectivity index is 1.75. The van der Waals surface area contributed by atoms with Crippen LogP contribution in [-0.2, 0) is 4.74 Å². The Morgan fingerprint density at radius 2 is 1.92 bits per heavy atom. The van der Waals surface area contributed by atoms with Gasteiger partial charge in [0.25, 0.3) is 0 Å². The van der Waals surface area contributed by atoms with Gasteiger partial charge in [-0.15, -0.1) is 0 Å². The van der Waals surface area contributed by atoms with E-state index in [0.717, 1.165) is 0 Å². The maximum atomic E-state index is 14.0. The van der Waals surface area contributed by atoms with Crippen LogP contribution in [0, 0.1) is 11.6 Å². The number of halogens is 2. The topological polar surface area (TPSA) is 47.6 Å². The van der Waals surface area contributed by atoms with Gasteiger partial charge in [0.15, 0.2) is 11.6 Å². The number of carbonyl (C=O) groups excluding carboxylic acids is 1. The van der Waals surface area contributed by atoms with Crippen molar-refractivity contribution >= 4 is 5.97 Å². The van der Waals surface area contributed by atoms with Gasteiger partial charge in [-0.05, 0) is 36.2 Å². The zero-order valence-electron chi connectivity index (χ0n) is 13.8. The third kappa shape index (κ3) is 3.96. The molecule has 0 aromatic heterocycles. The number of methoxy groups -OCH3 is 1. The molecule has 0 radical (unpaired) electrons. The summed E-state index contributed by atoms with van der Waals surface area (Å²) in [7, 11) is 1.26. The van der Waals surface area contributed by atoms with Crippen molar-refractivity contribution in [2.75, 3.05) is 20.2 Å². The minimum absolute atomic E-state index is 0.0103. The molecule has 1 heterocycles. The Morgan fingerprint density at radius 1 is 1.12 bits per heavy atom. The first kappa shape index (κ1) is 17.4. The van der Waals surface area contributed by atoms with E-state index in [2.05, 4.69) is 10.1 Å². The molecule has 0 amide bonds. The summed E-state index contributed by atoms with van der Waals surface area (Å²) in [6.45, 7) is 1.15. The first-order chi connectivity index (χ1) is 12.1. The third-order valence-electron chi connectivity index (χ3n) is 4.30. The molecule has 6 heteroatoms. The molecule has 0 aliphatic carbocycles. The standard InChI is InChI=1S/C19H19F2NO3/c1-24-19(23)12-6-7-17(21)18(9-12)25-14-8-13(10-22-11-14)15-4-2-3-5-16(15)20/h2-7,9,13-14,22H,8,10-11H2,1H3. The SMILES string of the molecule is COC(=O)c1ccc(F)c(OC2CNCC(c3ccccc3F)C2)c1. The molecular formula is C19H19F2NO3. The van der Waals surface area contributed by atoms with Crippen LogP contribution >= 0.6 is 0 Å². The number of esters is 1. The van der Waals surface area contributed by atoms with E-state index in [0.29, 0.717) is 25.1 Å². The summed E-state index contributed by atoms with van der Waals surface area (Å²) in [6.07, 6.45) is 0.219. The fraction of sp³-hybridized carbons (Fsp3) is 0.316. The molecule has 2 unspecified atom stereocenters. The molecule has 2 aromatic carbocycles. The van der Waals surface area contributed by atoms with Crippen LogP contribution in [-0.4, -0.2) is 32.3 Å². The van der Waals surface area contributed by atoms with Crippen molar-refractivity contribution in [3.05, 3.63) is 65.2 Å². The Hall–Kier alpha value is -2.47. The molecule has 4 nitrogen and oxygen atoms in total. The van der Waals surface area contributed by atoms with Crippen molar-refractivity contribution in [2.45, 2.75) is 18.4 Å². The first-order valence-electron chi connectivity index (χ1n) is 8.08. The lowest BCUT2D eigenvalue weighted by atomic mass is 9.90. The largest absolute Gasteiger partial charge is 0.486 e. The average Bonchev–Trinajstić information content (AvgIpc) is 2.63. The lowest BCUT2D eigenvalue weighted by Gasteiger charge is -2.31. The van der Waals surface area contributed by atoms with E-state index in [-0.39, 0.29) is 29.2 Å². The zero-order valence-corrected chi connectivity index (χ0v) is 13.8. The molecule has 2 aromatic rings. The predicted molar refractivity (Wildman–Crippen MR) is 88.8 cm³/mol. The number of hydrogen-bond acceptors (Lipinski definition) is 4. The monoisotopic (exact) mass is 347 g/mol. The maximum Gasteiger partial charge on any atom is 0.337 e. The normalized spacial score (nSPS) is 20.1. The van der Waals surface area contributed by atoms with Crippen molar-refractivity contribution in [1.82, 2.24) is 5.32 Å². The van der Waals surface area contributed by atoms with Gasteiger partial charge in [0.2, 0.25) is 0 Å². The second kappa shape index (κ2) is 7.61. The first-order valence-corrected chi connectivity index (χ1v) is 8.08. The van der Waals surface area contributed by atoms with Crippen LogP contribution in [0.2, 0.25) is 0 Å². The van der Waals surface area contributed by atoms with E-state index < -0.39 is 11.8 Å². The number of carbonyl (C=O) groups is 1. The number of benzene rings is 2. The Morgan fingerprint density at radius 3 is 2.68 bits per heavy atom. The third-order valence-corrected chi connectivity index (χ3v) is 4.30. The lowest BCUT2D eigenvalue weighted by molar-refractivity contribution is 0.0599. The molecular weight excluding hydrogens is 328 g/mol. The highest BCUT2D eigenvalue weighted by Gasteiger charge is 2.27. The van der Waals surface area contributed by atoms with E-state index in [1.165, 1.54) is 31.4 Å². The predicted octanol–water partition coefficient (Wildman–Crippen LogP) is 3.28. The summed E-state index contributed by atoms with van der Waals surface area (Å²) >= 11 is 0. The maximum absolute atomic E-state index is 14.0. The van der Waals surface area contributed by atoms with Gasteiger partial charge in [-0.3, -0.25) is 0 Å². The molecule has 1 fully saturated rings. The van der Waals surface area contributed by atoms with E-state index in [1.54, 1.807) is 18.2 Å². The highest BCUT2D eigenvalue weighted by Crippen LogP contribution is 2.29. The van der Waals surface area contributed by atoms with E-state index >= 15 is 0 Å². The summed E-state index contributed by atoms with van der Waals surface area (Å²) in [5.41, 5.74) is 0.834. The molecule has 1 aliphatic heterocycles. The summed E-state index contributed by atoms with van der Waals surface area (Å²) in [6, 6.07) is 10.5. The Labute approximate surface area is 144 Å². The number of nitrogens with one attached hydrogen (secondary N) is 1. The molecule has 1 aliphatic rings. The molecule has 2 atom stereocenters. The number of ether oxygens (including phenoxy) is 2. The smallest absolute Gasteiger partial charge is 0.337 e. The van der Waals surface area contributed by atoms with E-state index in [9.17, 15) is 13.6 Å². The van der Waals surface area contributed by atoms with Crippen molar-refractivity contribution in [3.63, 3.8) is 0 Å². The number of rotatable bonds is 4. The second-order valence-corrected chi connectivity index (χ2v) is 5.99. The molecule has 0 spiro atoms. The van der Waals surface area contributed by atoms with E-state index in [1.807, 2.05) is 0 Å². The Kier molecular flexibility index (Phi) is 5.28. The van der Waals surface area contributed by atoms with Gasteiger partial charge in [0.1, 0.15) is 11.9 Å². The summed E-state index contributed by atoms with van der Waals surface area (Å²) < 4.78 is 38.4.